The Morgan fingerprint density at radius 2 is 2.19 bits per heavy atom. The molecule has 1 fully saturated rings. The lowest BCUT2D eigenvalue weighted by Crippen LogP contribution is -2.47. The smallest absolute Gasteiger partial charge is 0.256 e. The number of nitrogens with zero attached hydrogens (tertiary/aromatic N) is 4. The molecule has 31 heavy (non-hydrogen) atoms. The van der Waals surface area contributed by atoms with Crippen LogP contribution in [0.5, 0.6) is 5.75 Å². The molecule has 5 rings (SSSR count). The van der Waals surface area contributed by atoms with E-state index in [0.29, 0.717) is 35.8 Å². The van der Waals surface area contributed by atoms with Crippen molar-refractivity contribution in [3.8, 4) is 5.75 Å². The molecule has 0 aliphatic carbocycles. The quantitative estimate of drug-likeness (QED) is 0.667. The summed E-state index contributed by atoms with van der Waals surface area (Å²) < 4.78 is 21.0. The Bertz CT molecular complexity index is 1150. The SMILES string of the molecule is Cc1cc2c(nc1N1CC[C@@H](Oc3ccc4[nH]ncc4c3)[C@@H](F)C1)[C@@H](CO)N(C)C2=O. The largest absolute Gasteiger partial charge is 0.487 e. The van der Waals surface area contributed by atoms with Gasteiger partial charge in [0, 0.05) is 25.4 Å². The van der Waals surface area contributed by atoms with Crippen LogP contribution in [0.4, 0.5) is 10.2 Å². The number of aliphatic hydroxyl groups is 1. The highest BCUT2D eigenvalue weighted by Gasteiger charge is 2.38. The maximum Gasteiger partial charge on any atom is 0.256 e. The number of hydrogen-bond acceptors (Lipinski definition) is 6. The number of alkyl halides is 1. The van der Waals surface area contributed by atoms with Crippen LogP contribution in [-0.4, -0.2) is 70.1 Å². The Morgan fingerprint density at radius 3 is 2.97 bits per heavy atom. The number of H-pyrrole nitrogens is 1. The number of hydrogen-bond donors (Lipinski definition) is 2. The first-order chi connectivity index (χ1) is 15.0. The van der Waals surface area contributed by atoms with Gasteiger partial charge in [-0.3, -0.25) is 9.89 Å². The number of ether oxygens (including phenoxy) is 1. The summed E-state index contributed by atoms with van der Waals surface area (Å²) in [6.07, 6.45) is 0.474. The second-order valence-corrected chi connectivity index (χ2v) is 8.20. The van der Waals surface area contributed by atoms with Gasteiger partial charge in [0.1, 0.15) is 17.7 Å². The number of fused-ring (bicyclic) bond motifs is 2. The molecular formula is C22H24FN5O3. The van der Waals surface area contributed by atoms with Crippen LogP contribution < -0.4 is 9.64 Å². The molecule has 1 aromatic carbocycles. The van der Waals surface area contributed by atoms with E-state index in [-0.39, 0.29) is 19.1 Å². The average Bonchev–Trinajstić information content (AvgIpc) is 3.31. The number of rotatable bonds is 4. The number of aliphatic hydroxyl groups excluding tert-OH is 1. The summed E-state index contributed by atoms with van der Waals surface area (Å²) >= 11 is 0. The summed E-state index contributed by atoms with van der Waals surface area (Å²) in [5.41, 5.74) is 2.78. The summed E-state index contributed by atoms with van der Waals surface area (Å²) in [7, 11) is 1.65. The number of carbonyl (C=O) groups excluding carboxylic acids is 1. The highest BCUT2D eigenvalue weighted by molar-refractivity contribution is 5.99. The van der Waals surface area contributed by atoms with Gasteiger partial charge in [-0.05, 0) is 36.8 Å². The first kappa shape index (κ1) is 19.7. The Morgan fingerprint density at radius 1 is 1.35 bits per heavy atom. The molecule has 1 saturated heterocycles. The van der Waals surface area contributed by atoms with Crippen molar-refractivity contribution in [2.45, 2.75) is 31.7 Å². The van der Waals surface area contributed by atoms with Crippen LogP contribution in [-0.2, 0) is 0 Å². The van der Waals surface area contributed by atoms with Gasteiger partial charge in [0.25, 0.3) is 5.91 Å². The number of benzene rings is 1. The molecule has 2 aromatic heterocycles. The van der Waals surface area contributed by atoms with E-state index in [1.165, 1.54) is 4.90 Å². The normalized spacial score (nSPS) is 23.5. The average molecular weight is 425 g/mol. The molecule has 3 atom stereocenters. The summed E-state index contributed by atoms with van der Waals surface area (Å²) in [4.78, 5) is 20.5. The van der Waals surface area contributed by atoms with Crippen LogP contribution in [0.15, 0.2) is 30.5 Å². The van der Waals surface area contributed by atoms with Gasteiger partial charge in [-0.15, -0.1) is 0 Å². The molecule has 0 spiro atoms. The molecule has 162 valence electrons. The number of likely N-dealkylation sites (N-methyl/N-ethyl adjacent to an activating group) is 1. The van der Waals surface area contributed by atoms with Gasteiger partial charge in [-0.1, -0.05) is 0 Å². The number of aromatic nitrogens is 3. The molecule has 2 N–H and O–H groups in total. The summed E-state index contributed by atoms with van der Waals surface area (Å²) in [6, 6.07) is 6.86. The third kappa shape index (κ3) is 3.29. The van der Waals surface area contributed by atoms with E-state index in [1.807, 2.05) is 30.0 Å². The van der Waals surface area contributed by atoms with Crippen molar-refractivity contribution in [3.63, 3.8) is 0 Å². The van der Waals surface area contributed by atoms with Gasteiger partial charge in [-0.25, -0.2) is 9.37 Å². The minimum absolute atomic E-state index is 0.152. The van der Waals surface area contributed by atoms with Crippen molar-refractivity contribution in [1.29, 1.82) is 0 Å². The lowest BCUT2D eigenvalue weighted by Gasteiger charge is -2.36. The maximum absolute atomic E-state index is 15.1. The highest BCUT2D eigenvalue weighted by Crippen LogP contribution is 2.35. The molecule has 0 bridgehead atoms. The zero-order valence-electron chi connectivity index (χ0n) is 17.4. The lowest BCUT2D eigenvalue weighted by atomic mass is 10.0. The van der Waals surface area contributed by atoms with Crippen molar-refractivity contribution in [2.24, 2.45) is 0 Å². The number of anilines is 1. The van der Waals surface area contributed by atoms with E-state index < -0.39 is 18.3 Å². The topological polar surface area (TPSA) is 94.6 Å². The molecular weight excluding hydrogens is 401 g/mol. The Labute approximate surface area is 178 Å². The number of carbonyl (C=O) groups is 1. The number of amides is 1. The molecule has 0 unspecified atom stereocenters. The first-order valence-electron chi connectivity index (χ1n) is 10.3. The predicted octanol–water partition coefficient (Wildman–Crippen LogP) is 2.38. The molecule has 1 amide bonds. The third-order valence-electron chi connectivity index (χ3n) is 6.20. The Kier molecular flexibility index (Phi) is 4.77. The van der Waals surface area contributed by atoms with E-state index in [2.05, 4.69) is 15.2 Å². The van der Waals surface area contributed by atoms with E-state index >= 15 is 4.39 Å². The van der Waals surface area contributed by atoms with Crippen molar-refractivity contribution in [1.82, 2.24) is 20.1 Å². The molecule has 4 heterocycles. The highest BCUT2D eigenvalue weighted by atomic mass is 19.1. The fourth-order valence-electron chi connectivity index (χ4n) is 4.46. The van der Waals surface area contributed by atoms with Crippen LogP contribution in [0.1, 0.15) is 34.1 Å². The van der Waals surface area contributed by atoms with Crippen LogP contribution in [0.2, 0.25) is 0 Å². The number of pyridine rings is 1. The lowest BCUT2D eigenvalue weighted by molar-refractivity contribution is 0.0714. The molecule has 8 nitrogen and oxygen atoms in total. The van der Waals surface area contributed by atoms with Gasteiger partial charge in [0.15, 0.2) is 6.17 Å². The summed E-state index contributed by atoms with van der Waals surface area (Å²) in [5.74, 6) is 1.12. The molecule has 0 radical (unpaired) electrons. The molecule has 9 heteroatoms. The zero-order valence-corrected chi connectivity index (χ0v) is 17.4. The van der Waals surface area contributed by atoms with E-state index in [1.54, 1.807) is 19.3 Å². The van der Waals surface area contributed by atoms with Gasteiger partial charge in [0.2, 0.25) is 0 Å². The zero-order chi connectivity index (χ0) is 21.7. The molecule has 3 aromatic rings. The van der Waals surface area contributed by atoms with E-state index in [9.17, 15) is 9.90 Å². The molecule has 0 saturated carbocycles. The molecule has 2 aliphatic rings. The number of piperidine rings is 1. The van der Waals surface area contributed by atoms with Gasteiger partial charge < -0.3 is 19.6 Å². The second-order valence-electron chi connectivity index (χ2n) is 8.20. The van der Waals surface area contributed by atoms with Crippen molar-refractivity contribution in [2.75, 3.05) is 31.6 Å². The van der Waals surface area contributed by atoms with Gasteiger partial charge >= 0.3 is 0 Å². The Balaban J connectivity index is 1.34. The second kappa shape index (κ2) is 7.49. The van der Waals surface area contributed by atoms with Crippen LogP contribution in [0.3, 0.4) is 0 Å². The molecule has 2 aliphatic heterocycles. The minimum Gasteiger partial charge on any atom is -0.487 e. The third-order valence-corrected chi connectivity index (χ3v) is 6.20. The number of aryl methyl sites for hydroxylation is 1. The van der Waals surface area contributed by atoms with Gasteiger partial charge in [0.05, 0.1) is 42.2 Å². The monoisotopic (exact) mass is 425 g/mol. The first-order valence-corrected chi connectivity index (χ1v) is 10.3. The number of aromatic amines is 1. The number of halogens is 1. The van der Waals surface area contributed by atoms with E-state index in [0.717, 1.165) is 16.5 Å². The fraction of sp³-hybridized carbons (Fsp3) is 0.409. The maximum atomic E-state index is 15.1. The summed E-state index contributed by atoms with van der Waals surface area (Å²) in [6.45, 7) is 2.41. The standard InChI is InChI=1S/C22H24FN5O3/c1-12-7-15-20(18(11-29)27(2)22(15)30)25-21(12)28-6-5-19(16(23)10-28)31-14-3-4-17-13(8-14)9-24-26-17/h3-4,7-9,16,18-19,29H,5-6,10-11H2,1-2H3,(H,24,26)/t16-,18+,19+/m0/s1. The predicted molar refractivity (Wildman–Crippen MR) is 113 cm³/mol. The van der Waals surface area contributed by atoms with Crippen LogP contribution in [0.25, 0.3) is 10.9 Å². The fourth-order valence-corrected chi connectivity index (χ4v) is 4.46. The Hall–Kier alpha value is -3.20. The number of nitrogens with one attached hydrogen (secondary N) is 1. The summed E-state index contributed by atoms with van der Waals surface area (Å²) in [5, 5.41) is 17.5. The van der Waals surface area contributed by atoms with Crippen molar-refractivity contribution < 1.29 is 19.0 Å². The van der Waals surface area contributed by atoms with Gasteiger partial charge in [-0.2, -0.15) is 5.10 Å². The van der Waals surface area contributed by atoms with Crippen LogP contribution in [0, 0.1) is 6.92 Å². The van der Waals surface area contributed by atoms with Crippen molar-refractivity contribution >= 4 is 22.6 Å². The van der Waals surface area contributed by atoms with Crippen molar-refractivity contribution in [3.05, 3.63) is 47.3 Å². The minimum atomic E-state index is -1.19. The van der Waals surface area contributed by atoms with Crippen LogP contribution >= 0.6 is 0 Å². The van der Waals surface area contributed by atoms with E-state index in [4.69, 9.17) is 4.74 Å².